The number of hydrogen-bond acceptors (Lipinski definition) is 2. The number of sulfonamides is 1. The maximum atomic E-state index is 12.6. The lowest BCUT2D eigenvalue weighted by atomic mass is 9.74. The Balaban J connectivity index is 2.21. The van der Waals surface area contributed by atoms with Crippen LogP contribution in [0.4, 0.5) is 0 Å². The molecule has 1 aliphatic rings. The third-order valence-corrected chi connectivity index (χ3v) is 6.42. The second-order valence-electron chi connectivity index (χ2n) is 6.51. The van der Waals surface area contributed by atoms with Gasteiger partial charge in [0.1, 0.15) is 0 Å². The van der Waals surface area contributed by atoms with Crippen LogP contribution in [0.5, 0.6) is 0 Å². The van der Waals surface area contributed by atoms with Gasteiger partial charge in [0.15, 0.2) is 0 Å². The van der Waals surface area contributed by atoms with E-state index in [1.165, 1.54) is 6.42 Å². The molecule has 21 heavy (non-hydrogen) atoms. The maximum absolute atomic E-state index is 12.6. The average molecular weight is 374 g/mol. The molecule has 0 bridgehead atoms. The van der Waals surface area contributed by atoms with Crippen LogP contribution < -0.4 is 4.72 Å². The molecule has 1 N–H and O–H groups in total. The van der Waals surface area contributed by atoms with Gasteiger partial charge in [0, 0.05) is 10.5 Å². The predicted octanol–water partition coefficient (Wildman–Crippen LogP) is 4.19. The van der Waals surface area contributed by atoms with Crippen LogP contribution in [0.2, 0.25) is 0 Å². The van der Waals surface area contributed by atoms with Crippen molar-refractivity contribution in [1.29, 1.82) is 0 Å². The summed E-state index contributed by atoms with van der Waals surface area (Å²) in [5.74, 6) is 1.49. The van der Waals surface area contributed by atoms with Gasteiger partial charge in [-0.25, -0.2) is 13.1 Å². The Morgan fingerprint density at radius 1 is 1.29 bits per heavy atom. The molecule has 0 aliphatic heterocycles. The van der Waals surface area contributed by atoms with Crippen molar-refractivity contribution < 1.29 is 8.42 Å². The number of nitrogens with one attached hydrogen (secondary N) is 1. The molecular weight excluding hydrogens is 350 g/mol. The lowest BCUT2D eigenvalue weighted by molar-refractivity contribution is 0.188. The summed E-state index contributed by atoms with van der Waals surface area (Å²) in [4.78, 5) is 0.331. The monoisotopic (exact) mass is 373 g/mol. The molecule has 1 fully saturated rings. The fourth-order valence-corrected chi connectivity index (χ4v) is 5.14. The number of benzene rings is 1. The van der Waals surface area contributed by atoms with Crippen molar-refractivity contribution >= 4 is 26.0 Å². The minimum Gasteiger partial charge on any atom is -0.208 e. The molecule has 0 amide bonds. The van der Waals surface area contributed by atoms with Gasteiger partial charge < -0.3 is 0 Å². The Morgan fingerprint density at radius 3 is 2.62 bits per heavy atom. The maximum Gasteiger partial charge on any atom is 0.240 e. The first-order chi connectivity index (χ1) is 9.79. The van der Waals surface area contributed by atoms with E-state index in [-0.39, 0.29) is 6.04 Å². The SMILES string of the molecule is CC1CCC(C(C)C)C(NS(=O)(=O)c2cccc(Br)c2)C1. The van der Waals surface area contributed by atoms with Gasteiger partial charge in [-0.05, 0) is 48.8 Å². The summed E-state index contributed by atoms with van der Waals surface area (Å²) in [6.45, 7) is 6.57. The largest absolute Gasteiger partial charge is 0.240 e. The summed E-state index contributed by atoms with van der Waals surface area (Å²) in [7, 11) is -3.45. The van der Waals surface area contributed by atoms with Crippen molar-refractivity contribution in [2.75, 3.05) is 0 Å². The number of halogens is 1. The highest BCUT2D eigenvalue weighted by atomic mass is 79.9. The second kappa shape index (κ2) is 6.80. The Kier molecular flexibility index (Phi) is 5.49. The molecule has 0 heterocycles. The summed E-state index contributed by atoms with van der Waals surface area (Å²) < 4.78 is 28.9. The fraction of sp³-hybridized carbons (Fsp3) is 0.625. The van der Waals surface area contributed by atoms with Crippen LogP contribution in [0.1, 0.15) is 40.0 Å². The lowest BCUT2D eigenvalue weighted by Gasteiger charge is -2.37. The first-order valence-corrected chi connectivity index (χ1v) is 9.85. The molecule has 5 heteroatoms. The molecule has 2 rings (SSSR count). The lowest BCUT2D eigenvalue weighted by Crippen LogP contribution is -2.45. The molecule has 0 saturated heterocycles. The highest BCUT2D eigenvalue weighted by molar-refractivity contribution is 9.10. The van der Waals surface area contributed by atoms with E-state index in [4.69, 9.17) is 0 Å². The average Bonchev–Trinajstić information content (AvgIpc) is 2.38. The number of rotatable bonds is 4. The van der Waals surface area contributed by atoms with E-state index in [0.717, 1.165) is 17.3 Å². The zero-order valence-electron chi connectivity index (χ0n) is 12.8. The summed E-state index contributed by atoms with van der Waals surface area (Å²) in [6, 6.07) is 6.92. The zero-order chi connectivity index (χ0) is 15.6. The molecule has 0 radical (unpaired) electrons. The van der Waals surface area contributed by atoms with Crippen LogP contribution >= 0.6 is 15.9 Å². The van der Waals surface area contributed by atoms with Gasteiger partial charge in [-0.15, -0.1) is 0 Å². The molecule has 1 aromatic rings. The molecule has 1 aromatic carbocycles. The smallest absolute Gasteiger partial charge is 0.208 e. The molecule has 3 atom stereocenters. The van der Waals surface area contributed by atoms with Crippen LogP contribution in [0.3, 0.4) is 0 Å². The van der Waals surface area contributed by atoms with Gasteiger partial charge in [-0.3, -0.25) is 0 Å². The molecule has 0 spiro atoms. The minimum atomic E-state index is -3.45. The third-order valence-electron chi connectivity index (χ3n) is 4.44. The Hall–Kier alpha value is -0.390. The molecule has 3 nitrogen and oxygen atoms in total. The molecular formula is C16H24BrNO2S. The van der Waals surface area contributed by atoms with E-state index in [1.54, 1.807) is 18.2 Å². The van der Waals surface area contributed by atoms with Crippen molar-refractivity contribution in [1.82, 2.24) is 4.72 Å². The topological polar surface area (TPSA) is 46.2 Å². The standard InChI is InChI=1S/C16H24BrNO2S/c1-11(2)15-8-7-12(3)9-16(15)18-21(19,20)14-6-4-5-13(17)10-14/h4-6,10-12,15-16,18H,7-9H2,1-3H3. The highest BCUT2D eigenvalue weighted by Crippen LogP contribution is 2.34. The quantitative estimate of drug-likeness (QED) is 0.859. The van der Waals surface area contributed by atoms with Crippen LogP contribution in [0, 0.1) is 17.8 Å². The molecule has 0 aromatic heterocycles. The van der Waals surface area contributed by atoms with E-state index >= 15 is 0 Å². The normalized spacial score (nSPS) is 27.0. The van der Waals surface area contributed by atoms with E-state index in [0.29, 0.717) is 22.6 Å². The summed E-state index contributed by atoms with van der Waals surface area (Å²) in [6.07, 6.45) is 3.22. The minimum absolute atomic E-state index is 0.0396. The van der Waals surface area contributed by atoms with Gasteiger partial charge in [0.25, 0.3) is 0 Å². The summed E-state index contributed by atoms with van der Waals surface area (Å²) in [5.41, 5.74) is 0. The van der Waals surface area contributed by atoms with E-state index in [2.05, 4.69) is 41.4 Å². The Bertz CT molecular complexity index is 586. The Labute approximate surface area is 136 Å². The van der Waals surface area contributed by atoms with Crippen LogP contribution in [-0.4, -0.2) is 14.5 Å². The predicted molar refractivity (Wildman–Crippen MR) is 89.6 cm³/mol. The van der Waals surface area contributed by atoms with Gasteiger partial charge in [0.2, 0.25) is 10.0 Å². The fourth-order valence-electron chi connectivity index (χ4n) is 3.24. The van der Waals surface area contributed by atoms with Crippen molar-refractivity contribution in [3.63, 3.8) is 0 Å². The van der Waals surface area contributed by atoms with Crippen molar-refractivity contribution in [2.24, 2.45) is 17.8 Å². The third kappa shape index (κ3) is 4.30. The van der Waals surface area contributed by atoms with E-state index in [9.17, 15) is 8.42 Å². The zero-order valence-corrected chi connectivity index (χ0v) is 15.2. The second-order valence-corrected chi connectivity index (χ2v) is 9.14. The van der Waals surface area contributed by atoms with Gasteiger partial charge in [-0.2, -0.15) is 0 Å². The molecule has 1 aliphatic carbocycles. The van der Waals surface area contributed by atoms with Crippen LogP contribution in [0.15, 0.2) is 33.6 Å². The Morgan fingerprint density at radius 2 is 2.00 bits per heavy atom. The van der Waals surface area contributed by atoms with Crippen molar-refractivity contribution in [3.8, 4) is 0 Å². The van der Waals surface area contributed by atoms with E-state index in [1.807, 2.05) is 6.07 Å². The van der Waals surface area contributed by atoms with Crippen LogP contribution in [-0.2, 0) is 10.0 Å². The molecule has 118 valence electrons. The summed E-state index contributed by atoms with van der Waals surface area (Å²) in [5, 5.41) is 0. The van der Waals surface area contributed by atoms with Crippen molar-refractivity contribution in [3.05, 3.63) is 28.7 Å². The van der Waals surface area contributed by atoms with E-state index < -0.39 is 10.0 Å². The highest BCUT2D eigenvalue weighted by Gasteiger charge is 2.33. The van der Waals surface area contributed by atoms with Crippen molar-refractivity contribution in [2.45, 2.75) is 51.0 Å². The molecule has 3 unspecified atom stereocenters. The van der Waals surface area contributed by atoms with Gasteiger partial charge in [0.05, 0.1) is 4.90 Å². The molecule has 1 saturated carbocycles. The van der Waals surface area contributed by atoms with Gasteiger partial charge >= 0.3 is 0 Å². The van der Waals surface area contributed by atoms with Crippen LogP contribution in [0.25, 0.3) is 0 Å². The summed E-state index contributed by atoms with van der Waals surface area (Å²) >= 11 is 3.33. The first-order valence-electron chi connectivity index (χ1n) is 7.57. The number of hydrogen-bond donors (Lipinski definition) is 1. The van der Waals surface area contributed by atoms with Gasteiger partial charge in [-0.1, -0.05) is 49.2 Å². The first kappa shape index (κ1) is 17.0.